The van der Waals surface area contributed by atoms with E-state index in [1.807, 2.05) is 6.92 Å². The van der Waals surface area contributed by atoms with E-state index in [9.17, 15) is 13.6 Å². The number of carbonyl (C=O) groups excluding carboxylic acids is 1. The smallest absolute Gasteiger partial charge is 0.265 e. The molecule has 0 aliphatic carbocycles. The fraction of sp³-hybridized carbons (Fsp3) is 0.636. The first-order valence-electron chi connectivity index (χ1n) is 5.64. The van der Waals surface area contributed by atoms with E-state index in [1.165, 1.54) is 11.8 Å². The molecular formula is C11H16F2N2O3S. The molecule has 1 atom stereocenters. The molecule has 1 heterocycles. The van der Waals surface area contributed by atoms with Crippen LogP contribution >= 0.6 is 11.8 Å². The lowest BCUT2D eigenvalue weighted by Gasteiger charge is -2.10. The second kappa shape index (κ2) is 7.44. The number of amides is 1. The van der Waals surface area contributed by atoms with E-state index in [-0.39, 0.29) is 5.75 Å². The van der Waals surface area contributed by atoms with Gasteiger partial charge in [-0.2, -0.15) is 0 Å². The molecule has 1 aromatic heterocycles. The molecule has 1 rings (SSSR count). The summed E-state index contributed by atoms with van der Waals surface area (Å²) >= 11 is 1.33. The number of carbonyl (C=O) groups is 1. The summed E-state index contributed by atoms with van der Waals surface area (Å²) in [5.74, 6) is 1.00. The first kappa shape index (κ1) is 15.9. The molecule has 0 fully saturated rings. The van der Waals surface area contributed by atoms with Gasteiger partial charge in [-0.15, -0.1) is 11.8 Å². The average Bonchev–Trinajstić information content (AvgIpc) is 2.67. The standard InChI is InChI=1S/C11H16F2N2O3S/c1-6-8(7(2)18-15-6)4-19-5-10(17)14-3-9(16)11(12)13/h9,11,16H,3-5H2,1-2H3,(H,14,17). The van der Waals surface area contributed by atoms with Gasteiger partial charge in [-0.3, -0.25) is 4.79 Å². The molecule has 19 heavy (non-hydrogen) atoms. The maximum atomic E-state index is 12.0. The number of alkyl halides is 2. The Balaban J connectivity index is 2.24. The third kappa shape index (κ3) is 5.15. The van der Waals surface area contributed by atoms with E-state index in [4.69, 9.17) is 9.63 Å². The van der Waals surface area contributed by atoms with E-state index in [1.54, 1.807) is 6.92 Å². The lowest BCUT2D eigenvalue weighted by atomic mass is 10.2. The monoisotopic (exact) mass is 294 g/mol. The molecule has 1 aromatic rings. The SMILES string of the molecule is Cc1noc(C)c1CSCC(=O)NCC(O)C(F)F. The van der Waals surface area contributed by atoms with E-state index >= 15 is 0 Å². The van der Waals surface area contributed by atoms with Crippen LogP contribution in [0.2, 0.25) is 0 Å². The molecule has 0 saturated carbocycles. The second-order valence-corrected chi connectivity index (χ2v) is 4.99. The van der Waals surface area contributed by atoms with Crippen molar-refractivity contribution in [2.45, 2.75) is 32.1 Å². The highest BCUT2D eigenvalue weighted by molar-refractivity contribution is 7.99. The van der Waals surface area contributed by atoms with Crippen LogP contribution in [0.4, 0.5) is 8.78 Å². The lowest BCUT2D eigenvalue weighted by molar-refractivity contribution is -0.119. The molecule has 5 nitrogen and oxygen atoms in total. The highest BCUT2D eigenvalue weighted by atomic mass is 32.2. The Morgan fingerprint density at radius 1 is 1.53 bits per heavy atom. The minimum atomic E-state index is -2.85. The third-order valence-electron chi connectivity index (χ3n) is 2.46. The van der Waals surface area contributed by atoms with Crippen molar-refractivity contribution >= 4 is 17.7 Å². The Bertz CT molecular complexity index is 407. The zero-order valence-electron chi connectivity index (χ0n) is 10.7. The number of aromatic nitrogens is 1. The van der Waals surface area contributed by atoms with Gasteiger partial charge in [0.1, 0.15) is 11.9 Å². The van der Waals surface area contributed by atoms with Crippen LogP contribution in [0.1, 0.15) is 17.0 Å². The summed E-state index contributed by atoms with van der Waals surface area (Å²) in [6.45, 7) is 3.16. The van der Waals surface area contributed by atoms with Gasteiger partial charge in [0, 0.05) is 17.9 Å². The first-order chi connectivity index (χ1) is 8.91. The summed E-state index contributed by atoms with van der Waals surface area (Å²) < 4.78 is 28.9. The van der Waals surface area contributed by atoms with Crippen LogP contribution in [0.3, 0.4) is 0 Å². The largest absolute Gasteiger partial charge is 0.385 e. The van der Waals surface area contributed by atoms with Crippen LogP contribution in [0, 0.1) is 13.8 Å². The summed E-state index contributed by atoms with van der Waals surface area (Å²) in [6, 6.07) is 0. The number of aliphatic hydroxyl groups is 1. The summed E-state index contributed by atoms with van der Waals surface area (Å²) in [4.78, 5) is 11.3. The van der Waals surface area contributed by atoms with Gasteiger partial charge in [0.25, 0.3) is 6.43 Å². The van der Waals surface area contributed by atoms with Crippen LogP contribution in [0.15, 0.2) is 4.52 Å². The number of hydrogen-bond acceptors (Lipinski definition) is 5. The second-order valence-electron chi connectivity index (χ2n) is 4.00. The predicted octanol–water partition coefficient (Wildman–Crippen LogP) is 1.27. The number of aryl methyl sites for hydroxylation is 2. The zero-order valence-corrected chi connectivity index (χ0v) is 11.5. The maximum Gasteiger partial charge on any atom is 0.265 e. The molecule has 0 saturated heterocycles. The molecule has 0 radical (unpaired) electrons. The Labute approximate surface area is 113 Å². The zero-order chi connectivity index (χ0) is 14.4. The molecular weight excluding hydrogens is 278 g/mol. The van der Waals surface area contributed by atoms with Crippen molar-refractivity contribution in [3.63, 3.8) is 0 Å². The quantitative estimate of drug-likeness (QED) is 0.792. The van der Waals surface area contributed by atoms with Crippen molar-refractivity contribution in [1.82, 2.24) is 10.5 Å². The number of nitrogens with zero attached hydrogens (tertiary/aromatic N) is 1. The van der Waals surface area contributed by atoms with Gasteiger partial charge in [-0.05, 0) is 13.8 Å². The van der Waals surface area contributed by atoms with Gasteiger partial charge < -0.3 is 14.9 Å². The van der Waals surface area contributed by atoms with Crippen molar-refractivity contribution in [2.24, 2.45) is 0 Å². The van der Waals surface area contributed by atoms with Crippen LogP contribution in [0.25, 0.3) is 0 Å². The summed E-state index contributed by atoms with van der Waals surface area (Å²) in [7, 11) is 0. The number of nitrogens with one attached hydrogen (secondary N) is 1. The Morgan fingerprint density at radius 2 is 2.21 bits per heavy atom. The third-order valence-corrected chi connectivity index (χ3v) is 3.42. The Morgan fingerprint density at radius 3 is 2.74 bits per heavy atom. The molecule has 0 bridgehead atoms. The van der Waals surface area contributed by atoms with E-state index in [2.05, 4.69) is 10.5 Å². The Hall–Kier alpha value is -1.15. The van der Waals surface area contributed by atoms with Crippen molar-refractivity contribution in [1.29, 1.82) is 0 Å². The molecule has 108 valence electrons. The minimum Gasteiger partial charge on any atom is -0.385 e. The predicted molar refractivity (Wildman–Crippen MR) is 67.2 cm³/mol. The molecule has 0 aliphatic rings. The summed E-state index contributed by atoms with van der Waals surface area (Å²) in [5.41, 5.74) is 1.71. The van der Waals surface area contributed by atoms with Crippen molar-refractivity contribution in [3.8, 4) is 0 Å². The molecule has 1 unspecified atom stereocenters. The number of hydrogen-bond donors (Lipinski definition) is 2. The lowest BCUT2D eigenvalue weighted by Crippen LogP contribution is -2.36. The van der Waals surface area contributed by atoms with Gasteiger partial charge in [-0.25, -0.2) is 8.78 Å². The Kier molecular flexibility index (Phi) is 6.23. The van der Waals surface area contributed by atoms with Crippen molar-refractivity contribution in [2.75, 3.05) is 12.3 Å². The van der Waals surface area contributed by atoms with Gasteiger partial charge >= 0.3 is 0 Å². The van der Waals surface area contributed by atoms with E-state index in [0.29, 0.717) is 11.5 Å². The highest BCUT2D eigenvalue weighted by Crippen LogP contribution is 2.19. The summed E-state index contributed by atoms with van der Waals surface area (Å²) in [5, 5.41) is 14.9. The van der Waals surface area contributed by atoms with Gasteiger partial charge in [0.15, 0.2) is 0 Å². The minimum absolute atomic E-state index is 0.125. The fourth-order valence-electron chi connectivity index (χ4n) is 1.31. The van der Waals surface area contributed by atoms with Crippen molar-refractivity contribution in [3.05, 3.63) is 17.0 Å². The van der Waals surface area contributed by atoms with E-state index < -0.39 is 25.0 Å². The average molecular weight is 294 g/mol. The molecule has 0 aliphatic heterocycles. The van der Waals surface area contributed by atoms with Crippen LogP contribution in [-0.2, 0) is 10.5 Å². The van der Waals surface area contributed by atoms with Crippen molar-refractivity contribution < 1.29 is 23.2 Å². The number of thioether (sulfide) groups is 1. The number of rotatable bonds is 7. The fourth-order valence-corrected chi connectivity index (χ4v) is 2.32. The molecule has 0 spiro atoms. The number of aliphatic hydroxyl groups excluding tert-OH is 1. The van der Waals surface area contributed by atoms with Gasteiger partial charge in [0.2, 0.25) is 5.91 Å². The number of halogens is 2. The van der Waals surface area contributed by atoms with Crippen LogP contribution in [0.5, 0.6) is 0 Å². The molecule has 0 aromatic carbocycles. The molecule has 8 heteroatoms. The topological polar surface area (TPSA) is 75.4 Å². The first-order valence-corrected chi connectivity index (χ1v) is 6.79. The maximum absolute atomic E-state index is 12.0. The summed E-state index contributed by atoms with van der Waals surface area (Å²) in [6.07, 6.45) is -4.67. The normalized spacial score (nSPS) is 12.7. The van der Waals surface area contributed by atoms with E-state index in [0.717, 1.165) is 11.3 Å². The highest BCUT2D eigenvalue weighted by Gasteiger charge is 2.17. The van der Waals surface area contributed by atoms with Gasteiger partial charge in [0.05, 0.1) is 11.4 Å². The molecule has 2 N–H and O–H groups in total. The van der Waals surface area contributed by atoms with Crippen LogP contribution in [-0.4, -0.2) is 41.0 Å². The van der Waals surface area contributed by atoms with Gasteiger partial charge in [-0.1, -0.05) is 5.16 Å². The van der Waals surface area contributed by atoms with Crippen LogP contribution < -0.4 is 5.32 Å². The molecule has 1 amide bonds.